The minimum absolute atomic E-state index is 0.0510. The van der Waals surface area contributed by atoms with Crippen LogP contribution in [0.1, 0.15) is 25.8 Å². The van der Waals surface area contributed by atoms with Crippen LogP contribution in [0.2, 0.25) is 5.15 Å². The van der Waals surface area contributed by atoms with Crippen LogP contribution in [0, 0.1) is 17.3 Å². The number of carbonyl (C=O) groups is 1. The second-order valence-corrected chi connectivity index (χ2v) is 12.0. The van der Waals surface area contributed by atoms with Gasteiger partial charge in [0.2, 0.25) is 0 Å². The summed E-state index contributed by atoms with van der Waals surface area (Å²) in [5.41, 5.74) is 0.960. The molecule has 2 aromatic heterocycles. The van der Waals surface area contributed by atoms with Gasteiger partial charge in [0.05, 0.1) is 38.8 Å². The highest BCUT2D eigenvalue weighted by Gasteiger charge is 2.66. The van der Waals surface area contributed by atoms with Gasteiger partial charge in [-0.25, -0.2) is 19.5 Å². The van der Waals surface area contributed by atoms with E-state index in [-0.39, 0.29) is 30.1 Å². The van der Waals surface area contributed by atoms with Gasteiger partial charge in [-0.15, -0.1) is 0 Å². The number of carbonyl (C=O) groups excluding carboxylic acids is 1. The van der Waals surface area contributed by atoms with Crippen molar-refractivity contribution in [2.75, 3.05) is 20.3 Å². The maximum Gasteiger partial charge on any atom is 0.459 e. The Labute approximate surface area is 218 Å². The van der Waals surface area contributed by atoms with Crippen molar-refractivity contribution in [2.45, 2.75) is 38.0 Å². The molecule has 3 aliphatic rings. The Morgan fingerprint density at radius 1 is 1.32 bits per heavy atom. The lowest BCUT2D eigenvalue weighted by atomic mass is 9.74. The fraction of sp³-hybridized carbons (Fsp3) is 0.500. The summed E-state index contributed by atoms with van der Waals surface area (Å²) in [6.45, 7) is 2.20. The Hall–Kier alpha value is -2.56. The van der Waals surface area contributed by atoms with Crippen LogP contribution in [0.25, 0.3) is 11.2 Å². The van der Waals surface area contributed by atoms with Crippen LogP contribution in [0.3, 0.4) is 0 Å². The van der Waals surface area contributed by atoms with Gasteiger partial charge in [0, 0.05) is 5.41 Å². The molecule has 1 saturated heterocycles. The van der Waals surface area contributed by atoms with Gasteiger partial charge < -0.3 is 18.6 Å². The summed E-state index contributed by atoms with van der Waals surface area (Å²) in [7, 11) is -2.66. The zero-order valence-electron chi connectivity index (χ0n) is 20.3. The van der Waals surface area contributed by atoms with Crippen molar-refractivity contribution in [3.63, 3.8) is 0 Å². The molecule has 196 valence electrons. The molecule has 2 aliphatic carbocycles. The van der Waals surface area contributed by atoms with Crippen LogP contribution in [-0.4, -0.2) is 58.0 Å². The van der Waals surface area contributed by atoms with Crippen molar-refractivity contribution in [1.29, 1.82) is 0 Å². The molecule has 3 heterocycles. The molecule has 0 amide bonds. The van der Waals surface area contributed by atoms with E-state index >= 15 is 0 Å². The Bertz CT molecular complexity index is 1370. The highest BCUT2D eigenvalue weighted by atomic mass is 35.5. The van der Waals surface area contributed by atoms with Crippen LogP contribution in [0.15, 0.2) is 43.0 Å². The average Bonchev–Trinajstić information content (AvgIpc) is 3.62. The summed E-state index contributed by atoms with van der Waals surface area (Å²) in [5, 5.41) is 3.05. The first-order chi connectivity index (χ1) is 17.8. The van der Waals surface area contributed by atoms with E-state index in [0.29, 0.717) is 34.6 Å². The summed E-state index contributed by atoms with van der Waals surface area (Å²) >= 11 is 6.22. The quantitative estimate of drug-likeness (QED) is 0.240. The molecule has 37 heavy (non-hydrogen) atoms. The van der Waals surface area contributed by atoms with Gasteiger partial charge in [-0.05, 0) is 43.7 Å². The molecule has 3 aromatic rings. The van der Waals surface area contributed by atoms with Gasteiger partial charge in [-0.1, -0.05) is 29.8 Å². The molecular weight excluding hydrogens is 521 g/mol. The number of hydrogen-bond acceptors (Lipinski definition) is 9. The molecule has 7 atom stereocenters. The highest BCUT2D eigenvalue weighted by molar-refractivity contribution is 7.52. The number of nitrogens with one attached hydrogen (secondary N) is 1. The Balaban J connectivity index is 1.21. The Kier molecular flexibility index (Phi) is 6.24. The standard InChI is InChI=1S/C24H27ClN5O6P/c1-14(23(31)33-2)29-37(32,36-16-6-4-3-5-7-16)35-11-24-9-15-8-17(24)20(34-10-24)19(15)30-13-28-18-21(25)26-12-27-22(18)30/h3-7,12-15,17,19-20H,8-11H2,1-2H3,(H,29,32)/t14-,15?,17?,19?,20?,24?,37?/m0/s1. The second kappa shape index (κ2) is 9.32. The van der Waals surface area contributed by atoms with Crippen molar-refractivity contribution in [2.24, 2.45) is 17.3 Å². The number of fused-ring (bicyclic) bond motifs is 2. The first-order valence-corrected chi connectivity index (χ1v) is 14.0. The van der Waals surface area contributed by atoms with Crippen LogP contribution >= 0.6 is 19.3 Å². The number of methoxy groups -OCH3 is 1. The van der Waals surface area contributed by atoms with Gasteiger partial charge in [-0.2, -0.15) is 5.09 Å². The van der Waals surface area contributed by atoms with E-state index < -0.39 is 19.8 Å². The fourth-order valence-electron chi connectivity index (χ4n) is 6.25. The summed E-state index contributed by atoms with van der Waals surface area (Å²) < 4.78 is 38.8. The number of para-hydroxylation sites is 1. The number of halogens is 1. The lowest BCUT2D eigenvalue weighted by molar-refractivity contribution is -0.142. The molecular formula is C24H27ClN5O6P. The number of hydrogen-bond donors (Lipinski definition) is 1. The predicted octanol–water partition coefficient (Wildman–Crippen LogP) is 3.80. The monoisotopic (exact) mass is 547 g/mol. The maximum atomic E-state index is 13.8. The van der Waals surface area contributed by atoms with E-state index in [1.165, 1.54) is 13.4 Å². The fourth-order valence-corrected chi connectivity index (χ4v) is 8.01. The smallest absolute Gasteiger partial charge is 0.459 e. The van der Waals surface area contributed by atoms with Crippen LogP contribution in [0.5, 0.6) is 5.75 Å². The first kappa shape index (κ1) is 24.8. The zero-order valence-corrected chi connectivity index (χ0v) is 22.0. The maximum absolute atomic E-state index is 13.8. The molecule has 1 aliphatic heterocycles. The number of rotatable bonds is 9. The van der Waals surface area contributed by atoms with Gasteiger partial charge in [0.25, 0.3) is 0 Å². The van der Waals surface area contributed by atoms with Gasteiger partial charge in [0.15, 0.2) is 10.8 Å². The highest BCUT2D eigenvalue weighted by Crippen LogP contribution is 2.66. The molecule has 2 bridgehead atoms. The topological polar surface area (TPSA) is 127 Å². The van der Waals surface area contributed by atoms with Crippen molar-refractivity contribution < 1.29 is 27.9 Å². The molecule has 2 saturated carbocycles. The van der Waals surface area contributed by atoms with Crippen LogP contribution in [0.4, 0.5) is 0 Å². The molecule has 1 N–H and O–H groups in total. The molecule has 1 aromatic carbocycles. The third kappa shape index (κ3) is 4.23. The Morgan fingerprint density at radius 3 is 2.92 bits per heavy atom. The zero-order chi connectivity index (χ0) is 25.8. The number of ether oxygens (including phenoxy) is 2. The summed E-state index contributed by atoms with van der Waals surface area (Å²) in [4.78, 5) is 24.9. The third-order valence-electron chi connectivity index (χ3n) is 7.82. The van der Waals surface area contributed by atoms with Gasteiger partial charge in [0.1, 0.15) is 23.6 Å². The minimum Gasteiger partial charge on any atom is -0.468 e. The minimum atomic E-state index is -3.93. The molecule has 3 fully saturated rings. The summed E-state index contributed by atoms with van der Waals surface area (Å²) in [6.07, 6.45) is 4.93. The van der Waals surface area contributed by atoms with Crippen molar-refractivity contribution >= 4 is 36.5 Å². The molecule has 0 spiro atoms. The summed E-state index contributed by atoms with van der Waals surface area (Å²) in [6, 6.07) is 7.91. The van der Waals surface area contributed by atoms with Crippen LogP contribution < -0.4 is 9.61 Å². The number of esters is 1. The number of imidazole rings is 1. The molecule has 6 unspecified atom stereocenters. The third-order valence-corrected chi connectivity index (χ3v) is 9.72. The largest absolute Gasteiger partial charge is 0.468 e. The predicted molar refractivity (Wildman–Crippen MR) is 133 cm³/mol. The number of aromatic nitrogens is 4. The van der Waals surface area contributed by atoms with Crippen molar-refractivity contribution in [1.82, 2.24) is 24.6 Å². The van der Waals surface area contributed by atoms with E-state index in [9.17, 15) is 9.36 Å². The van der Waals surface area contributed by atoms with E-state index in [1.807, 2.05) is 6.07 Å². The SMILES string of the molecule is COC(=O)[C@H](C)NP(=O)(OCC12COC3C(n4cnc5c(Cl)ncnc54)C(CC31)C2)Oc1ccccc1. The van der Waals surface area contributed by atoms with E-state index in [0.717, 1.165) is 12.8 Å². The molecule has 11 nitrogen and oxygen atoms in total. The van der Waals surface area contributed by atoms with Crippen molar-refractivity contribution in [3.05, 3.63) is 48.1 Å². The normalized spacial score (nSPS) is 30.4. The Morgan fingerprint density at radius 2 is 2.14 bits per heavy atom. The van der Waals surface area contributed by atoms with Crippen molar-refractivity contribution in [3.8, 4) is 5.75 Å². The van der Waals surface area contributed by atoms with Gasteiger partial charge >= 0.3 is 13.7 Å². The number of benzene rings is 1. The second-order valence-electron chi connectivity index (χ2n) is 9.97. The molecule has 13 heteroatoms. The van der Waals surface area contributed by atoms with E-state index in [2.05, 4.69) is 24.6 Å². The molecule has 6 rings (SSSR count). The van der Waals surface area contributed by atoms with E-state index in [4.69, 9.17) is 30.1 Å². The number of nitrogens with zero attached hydrogens (tertiary/aromatic N) is 4. The summed E-state index contributed by atoms with van der Waals surface area (Å²) in [5.74, 6) is 0.320. The average molecular weight is 548 g/mol. The van der Waals surface area contributed by atoms with Gasteiger partial charge in [-0.3, -0.25) is 9.32 Å². The lowest BCUT2D eigenvalue weighted by Gasteiger charge is -2.36. The van der Waals surface area contributed by atoms with Crippen LogP contribution in [-0.2, 0) is 23.4 Å². The lowest BCUT2D eigenvalue weighted by Crippen LogP contribution is -2.40. The molecule has 0 radical (unpaired) electrons. The van der Waals surface area contributed by atoms with E-state index in [1.54, 1.807) is 37.5 Å². The first-order valence-electron chi connectivity index (χ1n) is 12.1.